The van der Waals surface area contributed by atoms with Gasteiger partial charge in [0.1, 0.15) is 11.3 Å². The van der Waals surface area contributed by atoms with Gasteiger partial charge >= 0.3 is 0 Å². The molecule has 4 aromatic rings. The van der Waals surface area contributed by atoms with Crippen LogP contribution in [0.4, 0.5) is 0 Å². The molecule has 6 heteroatoms. The summed E-state index contributed by atoms with van der Waals surface area (Å²) in [7, 11) is 1.67. The second-order valence-electron chi connectivity index (χ2n) is 9.06. The average Bonchev–Trinajstić information content (AvgIpc) is 3.43. The van der Waals surface area contributed by atoms with E-state index in [-0.39, 0.29) is 5.91 Å². The average molecular weight is 455 g/mol. The summed E-state index contributed by atoms with van der Waals surface area (Å²) in [5.74, 6) is 1.53. The smallest absolute Gasteiger partial charge is 0.223 e. The molecule has 0 radical (unpaired) electrons. The maximum absolute atomic E-state index is 12.7. The molecule has 1 amide bonds. The number of hydrogen-bond donors (Lipinski definition) is 0. The van der Waals surface area contributed by atoms with Crippen molar-refractivity contribution in [1.29, 1.82) is 0 Å². The van der Waals surface area contributed by atoms with Gasteiger partial charge in [-0.3, -0.25) is 4.79 Å². The topological polar surface area (TPSA) is 60.2 Å². The molecule has 34 heavy (non-hydrogen) atoms. The number of pyridine rings is 1. The predicted octanol–water partition coefficient (Wildman–Crippen LogP) is 5.30. The van der Waals surface area contributed by atoms with Gasteiger partial charge in [-0.25, -0.2) is 9.97 Å². The fourth-order valence-corrected chi connectivity index (χ4v) is 4.83. The number of carbonyl (C=O) groups is 1. The van der Waals surface area contributed by atoms with E-state index in [0.717, 1.165) is 58.7 Å². The van der Waals surface area contributed by atoms with Crippen LogP contribution in [0.15, 0.2) is 67.0 Å². The van der Waals surface area contributed by atoms with Crippen LogP contribution in [0.25, 0.3) is 22.4 Å². The third kappa shape index (κ3) is 4.53. The predicted molar refractivity (Wildman–Crippen MR) is 133 cm³/mol. The highest BCUT2D eigenvalue weighted by atomic mass is 16.5. The van der Waals surface area contributed by atoms with Gasteiger partial charge in [-0.05, 0) is 36.1 Å². The molecule has 0 aliphatic carbocycles. The van der Waals surface area contributed by atoms with Crippen LogP contribution in [0, 0.1) is 5.92 Å². The summed E-state index contributed by atoms with van der Waals surface area (Å²) in [6.07, 6.45) is 4.71. The number of fused-ring (bicyclic) bond motifs is 1. The largest absolute Gasteiger partial charge is 0.497 e. The molecule has 2 aromatic heterocycles. The van der Waals surface area contributed by atoms with E-state index < -0.39 is 0 Å². The zero-order chi connectivity index (χ0) is 23.5. The van der Waals surface area contributed by atoms with Crippen LogP contribution in [0.3, 0.4) is 0 Å². The summed E-state index contributed by atoms with van der Waals surface area (Å²) in [6.45, 7) is 4.23. The number of benzene rings is 2. The fraction of sp³-hybridized carbons (Fsp3) is 0.321. The van der Waals surface area contributed by atoms with E-state index in [0.29, 0.717) is 25.4 Å². The lowest BCUT2D eigenvalue weighted by molar-refractivity contribution is -0.128. The molecule has 0 spiro atoms. The zero-order valence-corrected chi connectivity index (χ0v) is 19.8. The maximum atomic E-state index is 12.7. The van der Waals surface area contributed by atoms with Gasteiger partial charge in [-0.15, -0.1) is 0 Å². The Balaban J connectivity index is 1.52. The summed E-state index contributed by atoms with van der Waals surface area (Å²) in [4.78, 5) is 24.5. The van der Waals surface area contributed by atoms with Crippen LogP contribution >= 0.6 is 0 Å². The van der Waals surface area contributed by atoms with Crippen molar-refractivity contribution in [2.45, 2.75) is 39.3 Å². The summed E-state index contributed by atoms with van der Waals surface area (Å²) in [5, 5.41) is 0. The number of aromatic nitrogens is 3. The van der Waals surface area contributed by atoms with Gasteiger partial charge in [0.05, 0.1) is 25.7 Å². The first kappa shape index (κ1) is 22.1. The van der Waals surface area contributed by atoms with Crippen LogP contribution in [0.5, 0.6) is 5.75 Å². The second-order valence-corrected chi connectivity index (χ2v) is 9.06. The summed E-state index contributed by atoms with van der Waals surface area (Å²) >= 11 is 0. The molecule has 1 aliphatic heterocycles. The first-order valence-corrected chi connectivity index (χ1v) is 12.0. The number of hydrogen-bond acceptors (Lipinski definition) is 4. The number of ether oxygens (including phenoxy) is 1. The highest BCUT2D eigenvalue weighted by Gasteiger charge is 2.29. The van der Waals surface area contributed by atoms with E-state index in [4.69, 9.17) is 14.7 Å². The third-order valence-electron chi connectivity index (χ3n) is 6.59. The van der Waals surface area contributed by atoms with Crippen molar-refractivity contribution < 1.29 is 9.53 Å². The van der Waals surface area contributed by atoms with Crippen molar-refractivity contribution in [3.63, 3.8) is 0 Å². The van der Waals surface area contributed by atoms with Crippen LogP contribution < -0.4 is 4.74 Å². The van der Waals surface area contributed by atoms with Crippen LogP contribution in [-0.4, -0.2) is 39.0 Å². The fourth-order valence-electron chi connectivity index (χ4n) is 4.83. The number of amides is 1. The number of imidazole rings is 1. The molecule has 3 heterocycles. The number of likely N-dealkylation sites (tertiary alicyclic amines) is 1. The highest BCUT2D eigenvalue weighted by Crippen LogP contribution is 2.29. The lowest BCUT2D eigenvalue weighted by Crippen LogP contribution is -2.24. The first-order chi connectivity index (χ1) is 16.6. The molecule has 0 bridgehead atoms. The molecule has 6 nitrogen and oxygen atoms in total. The van der Waals surface area contributed by atoms with Gasteiger partial charge in [-0.2, -0.15) is 0 Å². The van der Waals surface area contributed by atoms with Crippen molar-refractivity contribution in [2.24, 2.45) is 5.92 Å². The Bertz CT molecular complexity index is 1280. The van der Waals surface area contributed by atoms with Crippen LogP contribution in [-0.2, 0) is 17.9 Å². The molecule has 1 saturated heterocycles. The Morgan fingerprint density at radius 3 is 2.59 bits per heavy atom. The summed E-state index contributed by atoms with van der Waals surface area (Å²) in [5.41, 5.74) is 5.84. The molecule has 0 saturated carbocycles. The van der Waals surface area contributed by atoms with Crippen LogP contribution in [0.2, 0.25) is 0 Å². The highest BCUT2D eigenvalue weighted by molar-refractivity contribution is 5.82. The van der Waals surface area contributed by atoms with Gasteiger partial charge in [0.2, 0.25) is 5.91 Å². The zero-order valence-electron chi connectivity index (χ0n) is 19.8. The van der Waals surface area contributed by atoms with Gasteiger partial charge < -0.3 is 14.2 Å². The van der Waals surface area contributed by atoms with E-state index in [1.807, 2.05) is 41.6 Å². The van der Waals surface area contributed by atoms with E-state index >= 15 is 0 Å². The monoisotopic (exact) mass is 454 g/mol. The molecular weight excluding hydrogens is 424 g/mol. The summed E-state index contributed by atoms with van der Waals surface area (Å²) < 4.78 is 7.37. The van der Waals surface area contributed by atoms with Gasteiger partial charge in [-0.1, -0.05) is 55.8 Å². The quantitative estimate of drug-likeness (QED) is 0.362. The molecule has 1 aliphatic rings. The molecule has 1 atom stereocenters. The molecule has 5 rings (SSSR count). The number of carbonyl (C=O) groups excluding carboxylic acids is 1. The maximum Gasteiger partial charge on any atom is 0.223 e. The Morgan fingerprint density at radius 1 is 1.06 bits per heavy atom. The number of methoxy groups -OCH3 is 1. The Hall–Kier alpha value is -3.67. The SMILES string of the molecule is CCCC1CC(=O)N(Cc2cc(-c3ccccc3)nc3c2ncn3Cc2ccc(OC)cc2)C1. The summed E-state index contributed by atoms with van der Waals surface area (Å²) in [6, 6.07) is 20.3. The van der Waals surface area contributed by atoms with Crippen molar-refractivity contribution in [2.75, 3.05) is 13.7 Å². The Kier molecular flexibility index (Phi) is 6.30. The minimum Gasteiger partial charge on any atom is -0.497 e. The third-order valence-corrected chi connectivity index (χ3v) is 6.59. The van der Waals surface area contributed by atoms with Gasteiger partial charge in [0, 0.05) is 30.6 Å². The van der Waals surface area contributed by atoms with E-state index in [2.05, 4.69) is 41.8 Å². The molecular formula is C28H30N4O2. The Labute approximate surface area is 200 Å². The van der Waals surface area contributed by atoms with Crippen LogP contribution in [0.1, 0.15) is 37.3 Å². The molecule has 174 valence electrons. The van der Waals surface area contributed by atoms with E-state index in [9.17, 15) is 4.79 Å². The minimum atomic E-state index is 0.238. The number of rotatable bonds is 8. The normalized spacial score (nSPS) is 15.9. The van der Waals surface area contributed by atoms with Crippen molar-refractivity contribution in [1.82, 2.24) is 19.4 Å². The van der Waals surface area contributed by atoms with Crippen molar-refractivity contribution >= 4 is 17.1 Å². The van der Waals surface area contributed by atoms with E-state index in [1.165, 1.54) is 0 Å². The van der Waals surface area contributed by atoms with E-state index in [1.54, 1.807) is 7.11 Å². The first-order valence-electron chi connectivity index (χ1n) is 12.0. The minimum absolute atomic E-state index is 0.238. The second kappa shape index (κ2) is 9.67. The van der Waals surface area contributed by atoms with Gasteiger partial charge in [0.25, 0.3) is 0 Å². The molecule has 2 aromatic carbocycles. The lowest BCUT2D eigenvalue weighted by atomic mass is 10.0. The molecule has 0 N–H and O–H groups in total. The number of nitrogens with zero attached hydrogens (tertiary/aromatic N) is 4. The standard InChI is InChI=1S/C28H30N4O2/c1-3-7-21-14-26(33)31(17-21)18-23-15-25(22-8-5-4-6-9-22)30-28-27(23)29-19-32(28)16-20-10-12-24(34-2)13-11-20/h4-6,8-13,15,19,21H,3,7,14,16-18H2,1-2H3. The van der Waals surface area contributed by atoms with Crippen molar-refractivity contribution in [3.05, 3.63) is 78.1 Å². The lowest BCUT2D eigenvalue weighted by Gasteiger charge is -2.18. The Morgan fingerprint density at radius 2 is 1.85 bits per heavy atom. The van der Waals surface area contributed by atoms with Crippen molar-refractivity contribution in [3.8, 4) is 17.0 Å². The molecule has 1 unspecified atom stereocenters. The van der Waals surface area contributed by atoms with Gasteiger partial charge in [0.15, 0.2) is 5.65 Å². The molecule has 1 fully saturated rings.